The summed E-state index contributed by atoms with van der Waals surface area (Å²) < 4.78 is 10.7. The third-order valence-electron chi connectivity index (χ3n) is 6.89. The van der Waals surface area contributed by atoms with E-state index in [0.717, 1.165) is 11.3 Å². The fourth-order valence-corrected chi connectivity index (χ4v) is 5.06. The molecule has 1 aliphatic rings. The minimum absolute atomic E-state index is 0.0569. The quantitative estimate of drug-likeness (QED) is 0.311. The average molecular weight is 583 g/mol. The van der Waals surface area contributed by atoms with E-state index in [1.165, 1.54) is 0 Å². The van der Waals surface area contributed by atoms with Gasteiger partial charge in [-0.1, -0.05) is 53.6 Å². The Balaban J connectivity index is 1.39. The zero-order valence-electron chi connectivity index (χ0n) is 22.7. The lowest BCUT2D eigenvalue weighted by molar-refractivity contribution is 0.0610. The van der Waals surface area contributed by atoms with Gasteiger partial charge >= 0.3 is 0 Å². The van der Waals surface area contributed by atoms with Gasteiger partial charge in [-0.3, -0.25) is 14.5 Å². The summed E-state index contributed by atoms with van der Waals surface area (Å²) in [6.07, 6.45) is 3.95. The topological polar surface area (TPSA) is 62.3 Å². The van der Waals surface area contributed by atoms with Crippen molar-refractivity contribution in [1.29, 1.82) is 0 Å². The van der Waals surface area contributed by atoms with Crippen molar-refractivity contribution in [3.8, 4) is 11.5 Å². The summed E-state index contributed by atoms with van der Waals surface area (Å²) >= 11 is 12.2. The lowest BCUT2D eigenvalue weighted by atomic mass is 10.1. The molecular weight excluding hydrogens is 549 g/mol. The summed E-state index contributed by atoms with van der Waals surface area (Å²) in [6, 6.07) is 19.8. The van der Waals surface area contributed by atoms with Gasteiger partial charge in [0.1, 0.15) is 11.5 Å². The molecule has 3 aromatic carbocycles. The first-order valence-electron chi connectivity index (χ1n) is 13.1. The third kappa shape index (κ3) is 7.56. The molecule has 1 heterocycles. The maximum atomic E-state index is 13.5. The highest BCUT2D eigenvalue weighted by Gasteiger charge is 2.24. The van der Waals surface area contributed by atoms with Crippen LogP contribution in [0.1, 0.15) is 26.3 Å². The van der Waals surface area contributed by atoms with Crippen LogP contribution < -0.4 is 9.47 Å². The van der Waals surface area contributed by atoms with Crippen LogP contribution in [0.2, 0.25) is 10.0 Å². The molecule has 0 radical (unpaired) electrons. The maximum Gasteiger partial charge on any atom is 0.255 e. The summed E-state index contributed by atoms with van der Waals surface area (Å²) in [5.74, 6) is 1.32. The van der Waals surface area contributed by atoms with Crippen LogP contribution in [0.15, 0.2) is 72.8 Å². The van der Waals surface area contributed by atoms with Crippen LogP contribution in [0, 0.1) is 0 Å². The van der Waals surface area contributed by atoms with Gasteiger partial charge in [0.05, 0.1) is 24.8 Å². The van der Waals surface area contributed by atoms with Crippen molar-refractivity contribution < 1.29 is 19.1 Å². The second kappa shape index (κ2) is 14.2. The van der Waals surface area contributed by atoms with E-state index >= 15 is 0 Å². The molecular formula is C31H33Cl2N3O4. The number of para-hydroxylation sites is 1. The van der Waals surface area contributed by atoms with Crippen molar-refractivity contribution in [3.05, 3.63) is 99.5 Å². The zero-order valence-corrected chi connectivity index (χ0v) is 24.2. The SMILES string of the molecule is COc1ccc(C(=O)N(CC=Cc2ccccc2OC)CCN2CCN(C(=O)c3ccc(Cl)cc3Cl)CC2)cc1. The standard InChI is InChI=1S/C31H33Cl2N3O4/c1-39-26-12-9-24(10-13-26)30(37)35(15-5-7-23-6-3-4-8-29(23)40-2)19-16-34-17-20-36(21-18-34)31(38)27-14-11-25(32)22-28(27)33/h3-14,22H,15-21H2,1-2H3. The molecule has 4 rings (SSSR count). The second-order valence-electron chi connectivity index (χ2n) is 9.38. The largest absolute Gasteiger partial charge is 0.497 e. The Bertz CT molecular complexity index is 1340. The molecule has 3 aromatic rings. The van der Waals surface area contributed by atoms with Crippen LogP contribution in [-0.2, 0) is 0 Å². The fourth-order valence-electron chi connectivity index (χ4n) is 4.57. The molecule has 210 valence electrons. The Morgan fingerprint density at radius 2 is 1.65 bits per heavy atom. The number of ether oxygens (including phenoxy) is 2. The lowest BCUT2D eigenvalue weighted by Crippen LogP contribution is -2.50. The Morgan fingerprint density at radius 1 is 0.925 bits per heavy atom. The van der Waals surface area contributed by atoms with E-state index in [9.17, 15) is 9.59 Å². The highest BCUT2D eigenvalue weighted by atomic mass is 35.5. The number of halogens is 2. The first-order valence-corrected chi connectivity index (χ1v) is 13.8. The van der Waals surface area contributed by atoms with E-state index in [-0.39, 0.29) is 11.8 Å². The normalized spacial score (nSPS) is 13.8. The number of hydrogen-bond donors (Lipinski definition) is 0. The van der Waals surface area contributed by atoms with E-state index in [2.05, 4.69) is 4.90 Å². The third-order valence-corrected chi connectivity index (χ3v) is 7.44. The van der Waals surface area contributed by atoms with Gasteiger partial charge in [-0.25, -0.2) is 0 Å². The zero-order chi connectivity index (χ0) is 28.5. The molecule has 9 heteroatoms. The second-order valence-corrected chi connectivity index (χ2v) is 10.2. The molecule has 0 aliphatic carbocycles. The van der Waals surface area contributed by atoms with Crippen molar-refractivity contribution in [3.63, 3.8) is 0 Å². The van der Waals surface area contributed by atoms with Gasteiger partial charge in [0.25, 0.3) is 11.8 Å². The maximum absolute atomic E-state index is 13.5. The smallest absolute Gasteiger partial charge is 0.255 e. The lowest BCUT2D eigenvalue weighted by Gasteiger charge is -2.36. The molecule has 0 saturated carbocycles. The Hall–Kier alpha value is -3.52. The van der Waals surface area contributed by atoms with Crippen LogP contribution in [-0.4, -0.2) is 86.5 Å². The van der Waals surface area contributed by atoms with Crippen LogP contribution >= 0.6 is 23.2 Å². The number of benzene rings is 3. The van der Waals surface area contributed by atoms with E-state index in [4.69, 9.17) is 32.7 Å². The average Bonchev–Trinajstić information content (AvgIpc) is 2.98. The van der Waals surface area contributed by atoms with Gasteiger partial charge in [-0.2, -0.15) is 0 Å². The fraction of sp³-hybridized carbons (Fsp3) is 0.290. The highest BCUT2D eigenvalue weighted by molar-refractivity contribution is 6.36. The predicted octanol–water partition coefficient (Wildman–Crippen LogP) is 5.62. The predicted molar refractivity (Wildman–Crippen MR) is 160 cm³/mol. The van der Waals surface area contributed by atoms with Gasteiger partial charge in [0, 0.05) is 62.0 Å². The van der Waals surface area contributed by atoms with Crippen molar-refractivity contribution in [2.75, 3.05) is 60.0 Å². The minimum Gasteiger partial charge on any atom is -0.497 e. The first kappa shape index (κ1) is 29.5. The molecule has 1 fully saturated rings. The molecule has 0 spiro atoms. The molecule has 1 saturated heterocycles. The number of rotatable bonds is 10. The van der Waals surface area contributed by atoms with Crippen LogP contribution in [0.3, 0.4) is 0 Å². The summed E-state index contributed by atoms with van der Waals surface area (Å²) in [6.45, 7) is 4.25. The molecule has 0 aromatic heterocycles. The Labute approximate surface area is 245 Å². The van der Waals surface area contributed by atoms with Gasteiger partial charge in [-0.15, -0.1) is 0 Å². The summed E-state index contributed by atoms with van der Waals surface area (Å²) in [5.41, 5.74) is 2.00. The molecule has 0 N–H and O–H groups in total. The molecule has 0 bridgehead atoms. The number of nitrogens with zero attached hydrogens (tertiary/aromatic N) is 3. The summed E-state index contributed by atoms with van der Waals surface area (Å²) in [5, 5.41) is 0.853. The number of piperazine rings is 1. The van der Waals surface area contributed by atoms with Gasteiger partial charge in [0.15, 0.2) is 0 Å². The monoisotopic (exact) mass is 581 g/mol. The minimum atomic E-state index is -0.0981. The number of hydrogen-bond acceptors (Lipinski definition) is 5. The molecule has 0 atom stereocenters. The van der Waals surface area contributed by atoms with Crippen molar-refractivity contribution in [2.45, 2.75) is 0 Å². The number of methoxy groups -OCH3 is 2. The molecule has 1 aliphatic heterocycles. The van der Waals surface area contributed by atoms with Crippen LogP contribution in [0.5, 0.6) is 11.5 Å². The summed E-state index contributed by atoms with van der Waals surface area (Å²) in [7, 11) is 3.24. The molecule has 2 amide bonds. The van der Waals surface area contributed by atoms with Crippen molar-refractivity contribution in [1.82, 2.24) is 14.7 Å². The molecule has 7 nitrogen and oxygen atoms in total. The van der Waals surface area contributed by atoms with Crippen molar-refractivity contribution in [2.24, 2.45) is 0 Å². The van der Waals surface area contributed by atoms with Gasteiger partial charge in [-0.05, 0) is 48.5 Å². The molecule has 40 heavy (non-hydrogen) atoms. The number of carbonyl (C=O) groups excluding carboxylic acids is 2. The van der Waals surface area contributed by atoms with Crippen molar-refractivity contribution >= 4 is 41.1 Å². The van der Waals surface area contributed by atoms with E-state index in [0.29, 0.717) is 72.7 Å². The highest BCUT2D eigenvalue weighted by Crippen LogP contribution is 2.23. The Morgan fingerprint density at radius 3 is 2.33 bits per heavy atom. The van der Waals surface area contributed by atoms with Gasteiger partial charge < -0.3 is 19.3 Å². The molecule has 0 unspecified atom stereocenters. The summed E-state index contributed by atoms with van der Waals surface area (Å²) in [4.78, 5) is 32.4. The number of amides is 2. The first-order chi connectivity index (χ1) is 19.4. The van der Waals surface area contributed by atoms with Gasteiger partial charge in [0.2, 0.25) is 0 Å². The van der Waals surface area contributed by atoms with Crippen LogP contribution in [0.4, 0.5) is 0 Å². The Kier molecular flexibility index (Phi) is 10.5. The van der Waals surface area contributed by atoms with E-state index in [1.807, 2.05) is 46.2 Å². The van der Waals surface area contributed by atoms with E-state index in [1.54, 1.807) is 56.7 Å². The van der Waals surface area contributed by atoms with Crippen LogP contribution in [0.25, 0.3) is 6.08 Å². The number of carbonyl (C=O) groups is 2. The van der Waals surface area contributed by atoms with E-state index < -0.39 is 0 Å².